The van der Waals surface area contributed by atoms with Crippen molar-refractivity contribution in [3.8, 4) is 0 Å². The van der Waals surface area contributed by atoms with Crippen LogP contribution < -0.4 is 10.2 Å². The minimum absolute atomic E-state index is 0.0442. The fraction of sp³-hybridized carbons (Fsp3) is 0.529. The average Bonchev–Trinajstić information content (AvgIpc) is 2.49. The predicted molar refractivity (Wildman–Crippen MR) is 87.1 cm³/mol. The molecular weight excluding hydrogens is 280 g/mol. The Morgan fingerprint density at radius 3 is 2.77 bits per heavy atom. The Kier molecular flexibility index (Phi) is 5.06. The summed E-state index contributed by atoms with van der Waals surface area (Å²) >= 11 is 0. The van der Waals surface area contributed by atoms with Crippen molar-refractivity contribution in [3.63, 3.8) is 0 Å². The molecule has 0 fully saturated rings. The summed E-state index contributed by atoms with van der Waals surface area (Å²) < 4.78 is 5.30. The summed E-state index contributed by atoms with van der Waals surface area (Å²) in [4.78, 5) is 26.1. The van der Waals surface area contributed by atoms with Crippen LogP contribution in [-0.4, -0.2) is 30.6 Å². The van der Waals surface area contributed by atoms with Crippen LogP contribution >= 0.6 is 0 Å². The maximum atomic E-state index is 12.6. The summed E-state index contributed by atoms with van der Waals surface area (Å²) in [6, 6.07) is 5.51. The van der Waals surface area contributed by atoms with E-state index in [0.29, 0.717) is 6.42 Å². The van der Waals surface area contributed by atoms with E-state index in [1.54, 1.807) is 0 Å². The first-order valence-electron chi connectivity index (χ1n) is 7.84. The lowest BCUT2D eigenvalue weighted by molar-refractivity contribution is -0.147. The lowest BCUT2D eigenvalue weighted by Gasteiger charge is -2.34. The van der Waals surface area contributed by atoms with Crippen molar-refractivity contribution in [1.82, 2.24) is 0 Å². The molecule has 5 heteroatoms. The van der Waals surface area contributed by atoms with Gasteiger partial charge in [0, 0.05) is 0 Å². The van der Waals surface area contributed by atoms with Crippen LogP contribution in [-0.2, 0) is 14.3 Å². The van der Waals surface area contributed by atoms with Crippen LogP contribution in [0.3, 0.4) is 0 Å². The van der Waals surface area contributed by atoms with Gasteiger partial charge in [0.1, 0.15) is 12.6 Å². The van der Waals surface area contributed by atoms with Crippen LogP contribution in [0.5, 0.6) is 0 Å². The molecule has 2 unspecified atom stereocenters. The Hall–Kier alpha value is -2.04. The minimum atomic E-state index is -0.369. The molecule has 0 radical (unpaired) electrons. The van der Waals surface area contributed by atoms with E-state index in [4.69, 9.17) is 4.74 Å². The normalized spacial score (nSPS) is 18.5. The number of anilines is 2. The van der Waals surface area contributed by atoms with Crippen molar-refractivity contribution in [2.45, 2.75) is 52.7 Å². The molecule has 0 bridgehead atoms. The van der Waals surface area contributed by atoms with E-state index in [9.17, 15) is 9.59 Å². The number of fused-ring (bicyclic) bond motifs is 1. The molecule has 120 valence electrons. The van der Waals surface area contributed by atoms with Crippen LogP contribution in [0.15, 0.2) is 18.2 Å². The lowest BCUT2D eigenvalue weighted by Crippen LogP contribution is -2.49. The monoisotopic (exact) mass is 304 g/mol. The van der Waals surface area contributed by atoms with Gasteiger partial charge in [-0.2, -0.15) is 0 Å². The first-order chi connectivity index (χ1) is 10.5. The zero-order chi connectivity index (χ0) is 16.3. The van der Waals surface area contributed by atoms with Crippen molar-refractivity contribution in [1.29, 1.82) is 0 Å². The highest BCUT2D eigenvalue weighted by molar-refractivity contribution is 6.07. The fourth-order valence-electron chi connectivity index (χ4n) is 2.47. The van der Waals surface area contributed by atoms with Crippen molar-refractivity contribution in [3.05, 3.63) is 23.8 Å². The summed E-state index contributed by atoms with van der Waals surface area (Å²) in [7, 11) is 0. The van der Waals surface area contributed by atoms with Gasteiger partial charge in [-0.1, -0.05) is 19.9 Å². The Bertz CT molecular complexity index is 571. The summed E-state index contributed by atoms with van der Waals surface area (Å²) in [5, 5.41) is 3.25. The second-order valence-corrected chi connectivity index (χ2v) is 5.76. The molecule has 0 saturated carbocycles. The van der Waals surface area contributed by atoms with Crippen LogP contribution in [0.1, 0.15) is 39.2 Å². The number of aryl methyl sites for hydroxylation is 1. The number of nitrogens with one attached hydrogen (secondary N) is 1. The van der Waals surface area contributed by atoms with E-state index in [2.05, 4.69) is 5.32 Å². The number of amides is 1. The molecule has 0 aliphatic carbocycles. The Morgan fingerprint density at radius 1 is 1.41 bits per heavy atom. The summed E-state index contributed by atoms with van der Waals surface area (Å²) in [5.41, 5.74) is 2.74. The lowest BCUT2D eigenvalue weighted by atomic mass is 10.1. The highest BCUT2D eigenvalue weighted by atomic mass is 16.5. The van der Waals surface area contributed by atoms with Crippen LogP contribution in [0.2, 0.25) is 0 Å². The molecule has 1 heterocycles. The maximum absolute atomic E-state index is 12.6. The number of ether oxygens (including phenoxy) is 1. The van der Waals surface area contributed by atoms with Gasteiger partial charge in [-0.05, 0) is 44.4 Å². The maximum Gasteiger partial charge on any atom is 0.326 e. The second-order valence-electron chi connectivity index (χ2n) is 5.76. The molecule has 0 aromatic heterocycles. The Morgan fingerprint density at radius 2 is 2.14 bits per heavy atom. The molecule has 0 saturated heterocycles. The molecule has 5 nitrogen and oxygen atoms in total. The van der Waals surface area contributed by atoms with Crippen LogP contribution in [0.25, 0.3) is 0 Å². The fourth-order valence-corrected chi connectivity index (χ4v) is 2.47. The highest BCUT2D eigenvalue weighted by Crippen LogP contribution is 2.33. The van der Waals surface area contributed by atoms with Crippen molar-refractivity contribution in [2.24, 2.45) is 0 Å². The number of rotatable bonds is 5. The molecule has 1 aromatic rings. The number of esters is 1. The van der Waals surface area contributed by atoms with Gasteiger partial charge in [0.05, 0.1) is 17.5 Å². The minimum Gasteiger partial charge on any atom is -0.461 e. The van der Waals surface area contributed by atoms with Gasteiger partial charge in [0.2, 0.25) is 5.91 Å². The third-order valence-corrected chi connectivity index (χ3v) is 3.94. The third kappa shape index (κ3) is 3.40. The number of nitrogens with zero attached hydrogens (tertiary/aromatic N) is 1. The van der Waals surface area contributed by atoms with E-state index < -0.39 is 0 Å². The number of hydrogen-bond acceptors (Lipinski definition) is 4. The zero-order valence-corrected chi connectivity index (χ0v) is 13.7. The van der Waals surface area contributed by atoms with Gasteiger partial charge >= 0.3 is 5.97 Å². The summed E-state index contributed by atoms with van der Waals surface area (Å²) in [6.07, 6.45) is 1.29. The van der Waals surface area contributed by atoms with Gasteiger partial charge in [0.15, 0.2) is 0 Å². The summed E-state index contributed by atoms with van der Waals surface area (Å²) in [6.45, 7) is 7.72. The van der Waals surface area contributed by atoms with Crippen LogP contribution in [0, 0.1) is 6.92 Å². The molecule has 1 aromatic carbocycles. The number of carbonyl (C=O) groups excluding carboxylic acids is 2. The highest BCUT2D eigenvalue weighted by Gasteiger charge is 2.33. The molecule has 1 amide bonds. The molecule has 2 atom stereocenters. The topological polar surface area (TPSA) is 58.6 Å². The van der Waals surface area contributed by atoms with Crippen molar-refractivity contribution in [2.75, 3.05) is 16.8 Å². The molecule has 1 aliphatic heterocycles. The average molecular weight is 304 g/mol. The van der Waals surface area contributed by atoms with E-state index in [0.717, 1.165) is 23.4 Å². The van der Waals surface area contributed by atoms with Crippen molar-refractivity contribution < 1.29 is 14.3 Å². The van der Waals surface area contributed by atoms with Crippen LogP contribution in [0.4, 0.5) is 11.4 Å². The number of carbonyl (C=O) groups is 2. The van der Waals surface area contributed by atoms with E-state index >= 15 is 0 Å². The molecule has 1 N–H and O–H groups in total. The molecular formula is C17H24N2O3. The Balaban J connectivity index is 2.25. The third-order valence-electron chi connectivity index (χ3n) is 3.94. The standard InChI is InChI=1S/C17H24N2O3/c1-5-12(4)22-16(20)10-19-15-8-7-11(3)9-14(15)18-13(6-2)17(19)21/h7-9,12-13,18H,5-6,10H2,1-4H3. The molecule has 2 rings (SSSR count). The molecule has 22 heavy (non-hydrogen) atoms. The summed E-state index contributed by atoms with van der Waals surface area (Å²) in [5.74, 6) is -0.453. The molecule has 0 spiro atoms. The first-order valence-corrected chi connectivity index (χ1v) is 7.84. The Labute approximate surface area is 131 Å². The van der Waals surface area contributed by atoms with Gasteiger partial charge in [-0.25, -0.2) is 0 Å². The van der Waals surface area contributed by atoms with Crippen molar-refractivity contribution >= 4 is 23.3 Å². The first kappa shape index (κ1) is 16.3. The quantitative estimate of drug-likeness (QED) is 0.850. The smallest absolute Gasteiger partial charge is 0.326 e. The van der Waals surface area contributed by atoms with E-state index in [1.165, 1.54) is 4.90 Å². The SMILES string of the molecule is CCC(C)OC(=O)CN1C(=O)C(CC)Nc2cc(C)ccc21. The molecule has 1 aliphatic rings. The van der Waals surface area contributed by atoms with E-state index in [1.807, 2.05) is 45.9 Å². The van der Waals surface area contributed by atoms with Gasteiger partial charge in [-0.3, -0.25) is 14.5 Å². The zero-order valence-electron chi connectivity index (χ0n) is 13.7. The van der Waals surface area contributed by atoms with Gasteiger partial charge in [-0.15, -0.1) is 0 Å². The second kappa shape index (κ2) is 6.81. The van der Waals surface area contributed by atoms with Gasteiger partial charge in [0.25, 0.3) is 0 Å². The predicted octanol–water partition coefficient (Wildman–Crippen LogP) is 2.87. The largest absolute Gasteiger partial charge is 0.461 e. The van der Waals surface area contributed by atoms with Gasteiger partial charge < -0.3 is 10.1 Å². The number of benzene rings is 1. The van der Waals surface area contributed by atoms with E-state index in [-0.39, 0.29) is 30.6 Å². The number of hydrogen-bond donors (Lipinski definition) is 1.